The van der Waals surface area contributed by atoms with Crippen molar-refractivity contribution in [3.63, 3.8) is 0 Å². The van der Waals surface area contributed by atoms with Gasteiger partial charge in [0, 0.05) is 6.54 Å². The fourth-order valence-electron chi connectivity index (χ4n) is 1.67. The largest absolute Gasteiger partial charge is 0.492 e. The number of nitrogens with one attached hydrogen (secondary N) is 2. The smallest absolute Gasteiger partial charge is 0.307 e. The minimum absolute atomic E-state index is 0.125. The van der Waals surface area contributed by atoms with Crippen LogP contribution in [0.1, 0.15) is 20.3 Å². The fourth-order valence-corrected chi connectivity index (χ4v) is 1.67. The third kappa shape index (κ3) is 6.76. The molecule has 0 heterocycles. The maximum Gasteiger partial charge on any atom is 0.307 e. The molecule has 6 nitrogen and oxygen atoms in total. The number of benzene rings is 1. The molecule has 0 aliphatic heterocycles. The molecule has 0 unspecified atom stereocenters. The molecule has 0 spiro atoms. The predicted octanol–water partition coefficient (Wildman–Crippen LogP) is 1.57. The second-order valence-corrected chi connectivity index (χ2v) is 4.21. The number of esters is 1. The number of anilines is 1. The van der Waals surface area contributed by atoms with Gasteiger partial charge in [0.1, 0.15) is 5.75 Å². The van der Waals surface area contributed by atoms with Crippen molar-refractivity contribution >= 4 is 17.6 Å². The molecule has 1 aromatic carbocycles. The Morgan fingerprint density at radius 2 is 1.90 bits per heavy atom. The number of hydrogen-bond donors (Lipinski definition) is 2. The van der Waals surface area contributed by atoms with Crippen LogP contribution in [0.5, 0.6) is 5.75 Å². The highest BCUT2D eigenvalue weighted by Crippen LogP contribution is 2.23. The Hall–Kier alpha value is -2.08. The van der Waals surface area contributed by atoms with E-state index in [-0.39, 0.29) is 24.8 Å². The lowest BCUT2D eigenvalue weighted by atomic mass is 10.3. The summed E-state index contributed by atoms with van der Waals surface area (Å²) in [4.78, 5) is 22.9. The molecule has 116 valence electrons. The zero-order chi connectivity index (χ0) is 15.5. The molecule has 1 aromatic rings. The van der Waals surface area contributed by atoms with Crippen molar-refractivity contribution in [2.75, 3.05) is 31.6 Å². The van der Waals surface area contributed by atoms with E-state index in [2.05, 4.69) is 10.6 Å². The molecule has 0 aromatic heterocycles. The number of hydrogen-bond acceptors (Lipinski definition) is 5. The van der Waals surface area contributed by atoms with Crippen molar-refractivity contribution in [1.29, 1.82) is 0 Å². The molecule has 21 heavy (non-hydrogen) atoms. The summed E-state index contributed by atoms with van der Waals surface area (Å²) in [6.07, 6.45) is 0.247. The summed E-state index contributed by atoms with van der Waals surface area (Å²) < 4.78 is 10.2. The lowest BCUT2D eigenvalue weighted by molar-refractivity contribution is -0.143. The first-order valence-corrected chi connectivity index (χ1v) is 7.05. The molecular formula is C15H22N2O4. The van der Waals surface area contributed by atoms with E-state index in [0.717, 1.165) is 0 Å². The first kappa shape index (κ1) is 17.0. The van der Waals surface area contributed by atoms with Gasteiger partial charge in [0.15, 0.2) is 0 Å². The van der Waals surface area contributed by atoms with Crippen molar-refractivity contribution in [3.8, 4) is 5.75 Å². The van der Waals surface area contributed by atoms with E-state index in [1.807, 2.05) is 19.1 Å². The Morgan fingerprint density at radius 3 is 2.62 bits per heavy atom. The molecule has 0 aliphatic carbocycles. The van der Waals surface area contributed by atoms with Gasteiger partial charge in [0.05, 0.1) is 31.9 Å². The van der Waals surface area contributed by atoms with Crippen LogP contribution >= 0.6 is 0 Å². The standard InChI is InChI=1S/C15H22N2O4/c1-3-20-13-8-6-5-7-12(13)17-14(18)11-16-10-9-15(19)21-4-2/h5-8,16H,3-4,9-11H2,1-2H3,(H,17,18). The van der Waals surface area contributed by atoms with Gasteiger partial charge < -0.3 is 20.1 Å². The summed E-state index contributed by atoms with van der Waals surface area (Å²) in [6, 6.07) is 7.25. The van der Waals surface area contributed by atoms with E-state index in [1.54, 1.807) is 19.1 Å². The maximum absolute atomic E-state index is 11.8. The van der Waals surface area contributed by atoms with Crippen molar-refractivity contribution < 1.29 is 19.1 Å². The van der Waals surface area contributed by atoms with Gasteiger partial charge in [-0.3, -0.25) is 9.59 Å². The summed E-state index contributed by atoms with van der Waals surface area (Å²) in [7, 11) is 0. The van der Waals surface area contributed by atoms with E-state index < -0.39 is 0 Å². The normalized spacial score (nSPS) is 10.0. The highest BCUT2D eigenvalue weighted by atomic mass is 16.5. The molecule has 0 saturated carbocycles. The maximum atomic E-state index is 11.8. The molecular weight excluding hydrogens is 272 g/mol. The molecule has 6 heteroatoms. The van der Waals surface area contributed by atoms with Crippen LogP contribution in [0.25, 0.3) is 0 Å². The third-order valence-corrected chi connectivity index (χ3v) is 2.56. The van der Waals surface area contributed by atoms with Crippen LogP contribution < -0.4 is 15.4 Å². The number of amides is 1. The lowest BCUT2D eigenvalue weighted by Gasteiger charge is -2.11. The summed E-state index contributed by atoms with van der Waals surface area (Å²) in [5.74, 6) is 0.179. The molecule has 0 aliphatic rings. The molecule has 0 bridgehead atoms. The second kappa shape index (κ2) is 9.77. The zero-order valence-corrected chi connectivity index (χ0v) is 12.5. The van der Waals surface area contributed by atoms with Crippen molar-refractivity contribution in [2.24, 2.45) is 0 Å². The predicted molar refractivity (Wildman–Crippen MR) is 80.4 cm³/mol. The van der Waals surface area contributed by atoms with Gasteiger partial charge in [0.25, 0.3) is 0 Å². The van der Waals surface area contributed by atoms with Gasteiger partial charge in [-0.25, -0.2) is 0 Å². The molecule has 0 radical (unpaired) electrons. The first-order valence-electron chi connectivity index (χ1n) is 7.05. The minimum atomic E-state index is -0.271. The fraction of sp³-hybridized carbons (Fsp3) is 0.467. The first-order chi connectivity index (χ1) is 10.2. The van der Waals surface area contributed by atoms with E-state index in [9.17, 15) is 9.59 Å². The Balaban J connectivity index is 2.32. The average Bonchev–Trinajstić information content (AvgIpc) is 2.46. The van der Waals surface area contributed by atoms with Crippen LogP contribution in [0.3, 0.4) is 0 Å². The lowest BCUT2D eigenvalue weighted by Crippen LogP contribution is -2.30. The minimum Gasteiger partial charge on any atom is -0.492 e. The third-order valence-electron chi connectivity index (χ3n) is 2.56. The van der Waals surface area contributed by atoms with Crippen molar-refractivity contribution in [2.45, 2.75) is 20.3 Å². The van der Waals surface area contributed by atoms with Crippen LogP contribution in [0, 0.1) is 0 Å². The van der Waals surface area contributed by atoms with Crippen LogP contribution in [-0.4, -0.2) is 38.2 Å². The molecule has 0 fully saturated rings. The van der Waals surface area contributed by atoms with Gasteiger partial charge in [-0.15, -0.1) is 0 Å². The van der Waals surface area contributed by atoms with Crippen LogP contribution in [-0.2, 0) is 14.3 Å². The van der Waals surface area contributed by atoms with Crippen LogP contribution in [0.15, 0.2) is 24.3 Å². The molecule has 0 saturated heterocycles. The monoisotopic (exact) mass is 294 g/mol. The van der Waals surface area contributed by atoms with E-state index in [0.29, 0.717) is 31.2 Å². The SMILES string of the molecule is CCOC(=O)CCNCC(=O)Nc1ccccc1OCC. The highest BCUT2D eigenvalue weighted by Gasteiger charge is 2.07. The second-order valence-electron chi connectivity index (χ2n) is 4.21. The number of para-hydroxylation sites is 2. The van der Waals surface area contributed by atoms with Gasteiger partial charge in [0.2, 0.25) is 5.91 Å². The summed E-state index contributed by atoms with van der Waals surface area (Å²) in [5, 5.41) is 5.66. The van der Waals surface area contributed by atoms with E-state index >= 15 is 0 Å². The Labute approximate surface area is 124 Å². The topological polar surface area (TPSA) is 76.7 Å². The van der Waals surface area contributed by atoms with E-state index in [4.69, 9.17) is 9.47 Å². The highest BCUT2D eigenvalue weighted by molar-refractivity contribution is 5.93. The Kier molecular flexibility index (Phi) is 7.89. The Morgan fingerprint density at radius 1 is 1.14 bits per heavy atom. The summed E-state index contributed by atoms with van der Waals surface area (Å²) >= 11 is 0. The summed E-state index contributed by atoms with van der Waals surface area (Å²) in [5.41, 5.74) is 0.636. The van der Waals surface area contributed by atoms with E-state index in [1.165, 1.54) is 0 Å². The molecule has 1 rings (SSSR count). The molecule has 0 atom stereocenters. The van der Waals surface area contributed by atoms with Crippen molar-refractivity contribution in [1.82, 2.24) is 5.32 Å². The Bertz CT molecular complexity index is 463. The number of carbonyl (C=O) groups is 2. The van der Waals surface area contributed by atoms with Gasteiger partial charge in [-0.2, -0.15) is 0 Å². The molecule has 2 N–H and O–H groups in total. The molecule has 1 amide bonds. The van der Waals surface area contributed by atoms with Crippen LogP contribution in [0.4, 0.5) is 5.69 Å². The average molecular weight is 294 g/mol. The quantitative estimate of drug-likeness (QED) is 0.534. The van der Waals surface area contributed by atoms with Crippen LogP contribution in [0.2, 0.25) is 0 Å². The van der Waals surface area contributed by atoms with Gasteiger partial charge in [-0.1, -0.05) is 12.1 Å². The summed E-state index contributed by atoms with van der Waals surface area (Å²) in [6.45, 7) is 5.07. The van der Waals surface area contributed by atoms with Gasteiger partial charge in [-0.05, 0) is 26.0 Å². The zero-order valence-electron chi connectivity index (χ0n) is 12.5. The van der Waals surface area contributed by atoms with Gasteiger partial charge >= 0.3 is 5.97 Å². The number of rotatable bonds is 9. The van der Waals surface area contributed by atoms with Crippen molar-refractivity contribution in [3.05, 3.63) is 24.3 Å². The number of ether oxygens (including phenoxy) is 2. The number of carbonyl (C=O) groups excluding carboxylic acids is 2.